The molecule has 0 bridgehead atoms. The average molecular weight is 433 g/mol. The smallest absolute Gasteiger partial charge is 0.255 e. The molecule has 6 nitrogen and oxygen atoms in total. The molecule has 4 rings (SSSR count). The SMILES string of the molecule is CCCCN1CCC(NC(=O)c2cn(-c3ccccc3)nc2-c2cccc(OC)c2)CC1. The molecule has 2 heterocycles. The minimum Gasteiger partial charge on any atom is -0.497 e. The molecule has 0 spiro atoms. The molecule has 1 N–H and O–H groups in total. The van der Waals surface area contributed by atoms with Gasteiger partial charge in [-0.25, -0.2) is 4.68 Å². The van der Waals surface area contributed by atoms with Gasteiger partial charge in [0.1, 0.15) is 11.4 Å². The van der Waals surface area contributed by atoms with E-state index in [9.17, 15) is 4.79 Å². The first kappa shape index (κ1) is 22.1. The van der Waals surface area contributed by atoms with Gasteiger partial charge in [0, 0.05) is 30.9 Å². The summed E-state index contributed by atoms with van der Waals surface area (Å²) in [6.45, 7) is 5.46. The van der Waals surface area contributed by atoms with E-state index in [0.29, 0.717) is 11.3 Å². The van der Waals surface area contributed by atoms with Gasteiger partial charge in [-0.2, -0.15) is 5.10 Å². The highest BCUT2D eigenvalue weighted by Crippen LogP contribution is 2.27. The third-order valence-electron chi connectivity index (χ3n) is 6.07. The number of unbranched alkanes of at least 4 members (excludes halogenated alkanes) is 1. The molecule has 1 aromatic heterocycles. The summed E-state index contributed by atoms with van der Waals surface area (Å²) in [6, 6.07) is 17.8. The molecule has 6 heteroatoms. The predicted octanol–water partition coefficient (Wildman–Crippen LogP) is 4.54. The molecule has 0 saturated carbocycles. The van der Waals surface area contributed by atoms with Crippen LogP contribution in [0.2, 0.25) is 0 Å². The number of para-hydroxylation sites is 1. The van der Waals surface area contributed by atoms with E-state index in [1.54, 1.807) is 11.8 Å². The second-order valence-corrected chi connectivity index (χ2v) is 8.35. The number of amides is 1. The zero-order valence-corrected chi connectivity index (χ0v) is 19.0. The number of carbonyl (C=O) groups excluding carboxylic acids is 1. The number of rotatable bonds is 8. The minimum atomic E-state index is -0.0722. The van der Waals surface area contributed by atoms with Crippen molar-refractivity contribution in [3.8, 4) is 22.7 Å². The molecule has 3 aromatic rings. The fraction of sp³-hybridized carbons (Fsp3) is 0.385. The number of nitrogens with zero attached hydrogens (tertiary/aromatic N) is 3. The lowest BCUT2D eigenvalue weighted by atomic mass is 10.0. The highest BCUT2D eigenvalue weighted by atomic mass is 16.5. The average Bonchev–Trinajstić information content (AvgIpc) is 3.30. The van der Waals surface area contributed by atoms with Gasteiger partial charge in [-0.15, -0.1) is 0 Å². The van der Waals surface area contributed by atoms with Crippen LogP contribution in [-0.4, -0.2) is 53.4 Å². The molecule has 32 heavy (non-hydrogen) atoms. The van der Waals surface area contributed by atoms with Crippen LogP contribution in [0, 0.1) is 0 Å². The molecule has 0 aliphatic carbocycles. The van der Waals surface area contributed by atoms with Gasteiger partial charge in [-0.3, -0.25) is 4.79 Å². The molecule has 0 unspecified atom stereocenters. The first-order valence-corrected chi connectivity index (χ1v) is 11.5. The molecule has 1 saturated heterocycles. The van der Waals surface area contributed by atoms with Crippen LogP contribution in [0.5, 0.6) is 5.75 Å². The van der Waals surface area contributed by atoms with E-state index in [2.05, 4.69) is 17.1 Å². The number of methoxy groups -OCH3 is 1. The van der Waals surface area contributed by atoms with Crippen LogP contribution in [0.1, 0.15) is 43.0 Å². The predicted molar refractivity (Wildman–Crippen MR) is 127 cm³/mol. The lowest BCUT2D eigenvalue weighted by Gasteiger charge is -2.32. The quantitative estimate of drug-likeness (QED) is 0.568. The summed E-state index contributed by atoms with van der Waals surface area (Å²) in [5, 5.41) is 8.04. The van der Waals surface area contributed by atoms with Crippen LogP contribution in [-0.2, 0) is 0 Å². The van der Waals surface area contributed by atoms with Crippen molar-refractivity contribution in [2.75, 3.05) is 26.7 Å². The van der Waals surface area contributed by atoms with E-state index in [1.807, 2.05) is 60.8 Å². The van der Waals surface area contributed by atoms with Gasteiger partial charge in [-0.05, 0) is 50.1 Å². The van der Waals surface area contributed by atoms with Crippen LogP contribution in [0.15, 0.2) is 60.8 Å². The Morgan fingerprint density at radius 3 is 2.62 bits per heavy atom. The van der Waals surface area contributed by atoms with Crippen LogP contribution in [0.25, 0.3) is 16.9 Å². The van der Waals surface area contributed by atoms with Crippen molar-refractivity contribution in [1.82, 2.24) is 20.0 Å². The zero-order chi connectivity index (χ0) is 22.3. The minimum absolute atomic E-state index is 0.0722. The molecule has 1 aliphatic heterocycles. The van der Waals surface area contributed by atoms with E-state index >= 15 is 0 Å². The zero-order valence-electron chi connectivity index (χ0n) is 19.0. The van der Waals surface area contributed by atoms with Crippen LogP contribution >= 0.6 is 0 Å². The first-order chi connectivity index (χ1) is 15.7. The number of benzene rings is 2. The van der Waals surface area contributed by atoms with E-state index in [-0.39, 0.29) is 11.9 Å². The summed E-state index contributed by atoms with van der Waals surface area (Å²) in [6.07, 6.45) is 6.25. The number of likely N-dealkylation sites (tertiary alicyclic amines) is 1. The van der Waals surface area contributed by atoms with Crippen molar-refractivity contribution in [2.45, 2.75) is 38.6 Å². The van der Waals surface area contributed by atoms with E-state index < -0.39 is 0 Å². The van der Waals surface area contributed by atoms with Crippen molar-refractivity contribution in [1.29, 1.82) is 0 Å². The van der Waals surface area contributed by atoms with Crippen molar-refractivity contribution in [3.63, 3.8) is 0 Å². The summed E-state index contributed by atoms with van der Waals surface area (Å²) in [7, 11) is 1.64. The van der Waals surface area contributed by atoms with Crippen molar-refractivity contribution >= 4 is 5.91 Å². The number of carbonyl (C=O) groups is 1. The lowest BCUT2D eigenvalue weighted by Crippen LogP contribution is -2.44. The fourth-order valence-corrected chi connectivity index (χ4v) is 4.18. The number of piperidine rings is 1. The second-order valence-electron chi connectivity index (χ2n) is 8.35. The molecule has 0 atom stereocenters. The molecule has 1 amide bonds. The van der Waals surface area contributed by atoms with Gasteiger partial charge in [-0.1, -0.05) is 43.7 Å². The van der Waals surface area contributed by atoms with Crippen molar-refractivity contribution < 1.29 is 9.53 Å². The van der Waals surface area contributed by atoms with Crippen LogP contribution < -0.4 is 10.1 Å². The largest absolute Gasteiger partial charge is 0.497 e. The normalized spacial score (nSPS) is 14.9. The van der Waals surface area contributed by atoms with Gasteiger partial charge in [0.05, 0.1) is 18.4 Å². The molecule has 0 radical (unpaired) electrons. The summed E-state index contributed by atoms with van der Waals surface area (Å²) in [5.74, 6) is 0.666. The van der Waals surface area contributed by atoms with Crippen molar-refractivity contribution in [3.05, 3.63) is 66.4 Å². The number of aromatic nitrogens is 2. The molecular formula is C26H32N4O2. The topological polar surface area (TPSA) is 59.4 Å². The van der Waals surface area contributed by atoms with Gasteiger partial charge >= 0.3 is 0 Å². The molecular weight excluding hydrogens is 400 g/mol. The van der Waals surface area contributed by atoms with Crippen LogP contribution in [0.4, 0.5) is 0 Å². The Morgan fingerprint density at radius 1 is 1.12 bits per heavy atom. The Morgan fingerprint density at radius 2 is 1.91 bits per heavy atom. The van der Waals surface area contributed by atoms with E-state index in [0.717, 1.165) is 49.5 Å². The standard InChI is InChI=1S/C26H32N4O2/c1-3-4-15-29-16-13-21(14-17-29)27-26(31)24-19-30(22-10-6-5-7-11-22)28-25(24)20-9-8-12-23(18-20)32-2/h5-12,18-19,21H,3-4,13-17H2,1-2H3,(H,27,31). The molecule has 168 valence electrons. The van der Waals surface area contributed by atoms with Gasteiger partial charge in [0.25, 0.3) is 5.91 Å². The fourth-order valence-electron chi connectivity index (χ4n) is 4.18. The lowest BCUT2D eigenvalue weighted by molar-refractivity contribution is 0.0911. The van der Waals surface area contributed by atoms with Gasteiger partial charge in [0.15, 0.2) is 0 Å². The summed E-state index contributed by atoms with van der Waals surface area (Å²) in [4.78, 5) is 15.9. The summed E-state index contributed by atoms with van der Waals surface area (Å²) in [5.41, 5.74) is 3.01. The number of nitrogens with one attached hydrogen (secondary N) is 1. The Kier molecular flexibility index (Phi) is 7.22. The highest BCUT2D eigenvalue weighted by molar-refractivity contribution is 6.00. The second kappa shape index (κ2) is 10.5. The summed E-state index contributed by atoms with van der Waals surface area (Å²) < 4.78 is 7.16. The maximum Gasteiger partial charge on any atom is 0.255 e. The van der Waals surface area contributed by atoms with Crippen LogP contribution in [0.3, 0.4) is 0 Å². The number of hydrogen-bond acceptors (Lipinski definition) is 4. The highest BCUT2D eigenvalue weighted by Gasteiger charge is 2.24. The Hall–Kier alpha value is -3.12. The Balaban J connectivity index is 1.56. The van der Waals surface area contributed by atoms with Crippen molar-refractivity contribution in [2.24, 2.45) is 0 Å². The number of ether oxygens (including phenoxy) is 1. The number of hydrogen-bond donors (Lipinski definition) is 1. The van der Waals surface area contributed by atoms with E-state index in [1.165, 1.54) is 12.8 Å². The first-order valence-electron chi connectivity index (χ1n) is 11.5. The molecule has 1 aliphatic rings. The third-order valence-corrected chi connectivity index (χ3v) is 6.07. The van der Waals surface area contributed by atoms with Gasteiger partial charge in [0.2, 0.25) is 0 Å². The maximum absolute atomic E-state index is 13.4. The van der Waals surface area contributed by atoms with Gasteiger partial charge < -0.3 is 15.0 Å². The maximum atomic E-state index is 13.4. The summed E-state index contributed by atoms with van der Waals surface area (Å²) >= 11 is 0. The third kappa shape index (κ3) is 5.19. The van der Waals surface area contributed by atoms with E-state index in [4.69, 9.17) is 9.84 Å². The molecule has 2 aromatic carbocycles. The monoisotopic (exact) mass is 432 g/mol. The molecule has 1 fully saturated rings. The Labute approximate surface area is 190 Å². The Bertz CT molecular complexity index is 1020.